The number of benzene rings is 1. The molecular formula is C20H25N5O. The lowest BCUT2D eigenvalue weighted by atomic mass is 10.1. The predicted molar refractivity (Wildman–Crippen MR) is 101 cm³/mol. The van der Waals surface area contributed by atoms with E-state index in [2.05, 4.69) is 29.2 Å². The summed E-state index contributed by atoms with van der Waals surface area (Å²) in [7, 11) is 1.81. The Labute approximate surface area is 153 Å². The van der Waals surface area contributed by atoms with Crippen molar-refractivity contribution in [3.05, 3.63) is 72.1 Å². The number of carbonyl (C=O) groups excluding carboxylic acids is 1. The molecule has 3 aromatic rings. The molecule has 136 valence electrons. The summed E-state index contributed by atoms with van der Waals surface area (Å²) in [5.74, 6) is 0.378. The van der Waals surface area contributed by atoms with Crippen LogP contribution in [0.1, 0.15) is 41.6 Å². The lowest BCUT2D eigenvalue weighted by molar-refractivity contribution is 0.0923. The SMILES string of the molecule is CC(C)Cc1cc(C(=O)N[C@H](Cn2ccnc2)c2ccccc2)n(C)n1. The number of aromatic nitrogens is 4. The van der Waals surface area contributed by atoms with Crippen molar-refractivity contribution < 1.29 is 4.79 Å². The first-order chi connectivity index (χ1) is 12.5. The Morgan fingerprint density at radius 1 is 1.23 bits per heavy atom. The number of imidazole rings is 1. The van der Waals surface area contributed by atoms with E-state index in [-0.39, 0.29) is 11.9 Å². The molecule has 0 aliphatic carbocycles. The monoisotopic (exact) mass is 351 g/mol. The van der Waals surface area contributed by atoms with Gasteiger partial charge in [-0.2, -0.15) is 5.10 Å². The second-order valence-electron chi connectivity index (χ2n) is 6.94. The smallest absolute Gasteiger partial charge is 0.270 e. The number of aryl methyl sites for hydroxylation is 1. The summed E-state index contributed by atoms with van der Waals surface area (Å²) >= 11 is 0. The largest absolute Gasteiger partial charge is 0.342 e. The molecule has 26 heavy (non-hydrogen) atoms. The fourth-order valence-corrected chi connectivity index (χ4v) is 3.01. The molecule has 0 spiro atoms. The highest BCUT2D eigenvalue weighted by Gasteiger charge is 2.19. The van der Waals surface area contributed by atoms with Gasteiger partial charge in [0.25, 0.3) is 5.91 Å². The minimum atomic E-state index is -0.152. The maximum Gasteiger partial charge on any atom is 0.270 e. The number of nitrogens with one attached hydrogen (secondary N) is 1. The molecule has 0 fully saturated rings. The molecule has 0 bridgehead atoms. The molecule has 0 saturated heterocycles. The summed E-state index contributed by atoms with van der Waals surface area (Å²) in [5.41, 5.74) is 2.57. The molecule has 3 rings (SSSR count). The third kappa shape index (κ3) is 4.39. The molecule has 0 radical (unpaired) electrons. The molecule has 2 heterocycles. The Kier molecular flexibility index (Phi) is 5.51. The van der Waals surface area contributed by atoms with Crippen LogP contribution in [0.4, 0.5) is 0 Å². The summed E-state index contributed by atoms with van der Waals surface area (Å²) in [4.78, 5) is 17.0. The van der Waals surface area contributed by atoms with E-state index >= 15 is 0 Å². The van der Waals surface area contributed by atoms with Crippen LogP contribution in [0.2, 0.25) is 0 Å². The van der Waals surface area contributed by atoms with E-state index in [1.165, 1.54) is 0 Å². The predicted octanol–water partition coefficient (Wildman–Crippen LogP) is 2.99. The average molecular weight is 351 g/mol. The number of rotatable bonds is 7. The van der Waals surface area contributed by atoms with Crippen molar-refractivity contribution in [2.45, 2.75) is 32.9 Å². The Hall–Kier alpha value is -2.89. The van der Waals surface area contributed by atoms with Crippen molar-refractivity contribution >= 4 is 5.91 Å². The molecule has 6 heteroatoms. The standard InChI is InChI=1S/C20H25N5O/c1-15(2)11-17-12-19(24(3)23-17)20(26)22-18(13-25-10-9-21-14-25)16-7-5-4-6-8-16/h4-10,12,14-15,18H,11,13H2,1-3H3,(H,22,26)/t18-/m1/s1. The number of nitrogens with zero attached hydrogens (tertiary/aromatic N) is 4. The molecule has 1 aromatic carbocycles. The molecule has 1 N–H and O–H groups in total. The summed E-state index contributed by atoms with van der Waals surface area (Å²) in [5, 5.41) is 7.62. The van der Waals surface area contributed by atoms with E-state index in [0.29, 0.717) is 18.2 Å². The second kappa shape index (κ2) is 7.99. The van der Waals surface area contributed by atoms with Gasteiger partial charge < -0.3 is 9.88 Å². The van der Waals surface area contributed by atoms with Crippen LogP contribution >= 0.6 is 0 Å². The molecule has 0 aliphatic heterocycles. The highest BCUT2D eigenvalue weighted by atomic mass is 16.2. The number of amides is 1. The van der Waals surface area contributed by atoms with E-state index in [0.717, 1.165) is 17.7 Å². The van der Waals surface area contributed by atoms with Crippen molar-refractivity contribution in [3.8, 4) is 0 Å². The van der Waals surface area contributed by atoms with Gasteiger partial charge in [-0.15, -0.1) is 0 Å². The first-order valence-corrected chi connectivity index (χ1v) is 8.87. The van der Waals surface area contributed by atoms with Crippen LogP contribution in [-0.4, -0.2) is 25.2 Å². The zero-order valence-corrected chi connectivity index (χ0v) is 15.5. The quantitative estimate of drug-likeness (QED) is 0.712. The highest BCUT2D eigenvalue weighted by Crippen LogP contribution is 2.17. The van der Waals surface area contributed by atoms with Crippen molar-refractivity contribution in [2.24, 2.45) is 13.0 Å². The van der Waals surface area contributed by atoms with Gasteiger partial charge in [-0.3, -0.25) is 9.48 Å². The summed E-state index contributed by atoms with van der Waals surface area (Å²) in [6, 6.07) is 11.7. The molecule has 0 unspecified atom stereocenters. The molecule has 2 aromatic heterocycles. The lowest BCUT2D eigenvalue weighted by Gasteiger charge is -2.19. The van der Waals surface area contributed by atoms with Crippen LogP contribution in [0.15, 0.2) is 55.1 Å². The number of hydrogen-bond acceptors (Lipinski definition) is 3. The minimum absolute atomic E-state index is 0.121. The van der Waals surface area contributed by atoms with Gasteiger partial charge >= 0.3 is 0 Å². The Bertz CT molecular complexity index is 836. The molecule has 1 amide bonds. The summed E-state index contributed by atoms with van der Waals surface area (Å²) in [6.07, 6.45) is 6.25. The highest BCUT2D eigenvalue weighted by molar-refractivity contribution is 5.93. The topological polar surface area (TPSA) is 64.7 Å². The van der Waals surface area contributed by atoms with Gasteiger partial charge in [0.2, 0.25) is 0 Å². The van der Waals surface area contributed by atoms with Crippen molar-refractivity contribution in [2.75, 3.05) is 0 Å². The second-order valence-corrected chi connectivity index (χ2v) is 6.94. The Morgan fingerprint density at radius 2 is 2.00 bits per heavy atom. The van der Waals surface area contributed by atoms with E-state index in [4.69, 9.17) is 0 Å². The Balaban J connectivity index is 1.80. The normalized spacial score (nSPS) is 12.3. The van der Waals surface area contributed by atoms with Crippen LogP contribution < -0.4 is 5.32 Å². The third-order valence-corrected chi connectivity index (χ3v) is 4.24. The lowest BCUT2D eigenvalue weighted by Crippen LogP contribution is -2.32. The van der Waals surface area contributed by atoms with Gasteiger partial charge in [0, 0.05) is 26.0 Å². The Morgan fingerprint density at radius 3 is 2.65 bits per heavy atom. The summed E-state index contributed by atoms with van der Waals surface area (Å²) < 4.78 is 3.62. The first-order valence-electron chi connectivity index (χ1n) is 8.87. The average Bonchev–Trinajstić information content (AvgIpc) is 3.24. The first kappa shape index (κ1) is 17.9. The van der Waals surface area contributed by atoms with Crippen molar-refractivity contribution in [1.29, 1.82) is 0 Å². The molecule has 0 aliphatic rings. The summed E-state index contributed by atoms with van der Waals surface area (Å²) in [6.45, 7) is 4.91. The molecular weight excluding hydrogens is 326 g/mol. The number of carbonyl (C=O) groups is 1. The zero-order valence-electron chi connectivity index (χ0n) is 15.5. The van der Waals surface area contributed by atoms with Crippen LogP contribution in [0, 0.1) is 5.92 Å². The van der Waals surface area contributed by atoms with Crippen molar-refractivity contribution in [3.63, 3.8) is 0 Å². The van der Waals surface area contributed by atoms with Gasteiger partial charge in [0.15, 0.2) is 0 Å². The van der Waals surface area contributed by atoms with Crippen LogP contribution in [-0.2, 0) is 20.0 Å². The fourth-order valence-electron chi connectivity index (χ4n) is 3.01. The van der Waals surface area contributed by atoms with Crippen LogP contribution in [0.25, 0.3) is 0 Å². The van der Waals surface area contributed by atoms with E-state index < -0.39 is 0 Å². The maximum atomic E-state index is 12.9. The maximum absolute atomic E-state index is 12.9. The molecule has 6 nitrogen and oxygen atoms in total. The van der Waals surface area contributed by atoms with Crippen LogP contribution in [0.3, 0.4) is 0 Å². The molecule has 0 saturated carbocycles. The van der Waals surface area contributed by atoms with E-state index in [1.54, 1.807) is 17.2 Å². The van der Waals surface area contributed by atoms with Crippen molar-refractivity contribution in [1.82, 2.24) is 24.6 Å². The molecule has 1 atom stereocenters. The van der Waals surface area contributed by atoms with Gasteiger partial charge in [-0.05, 0) is 24.0 Å². The van der Waals surface area contributed by atoms with Gasteiger partial charge in [-0.1, -0.05) is 44.2 Å². The third-order valence-electron chi connectivity index (χ3n) is 4.24. The van der Waals surface area contributed by atoms with Gasteiger partial charge in [-0.25, -0.2) is 4.98 Å². The van der Waals surface area contributed by atoms with Gasteiger partial charge in [0.1, 0.15) is 5.69 Å². The van der Waals surface area contributed by atoms with Gasteiger partial charge in [0.05, 0.1) is 18.1 Å². The van der Waals surface area contributed by atoms with E-state index in [9.17, 15) is 4.79 Å². The van der Waals surface area contributed by atoms with E-state index in [1.807, 2.05) is 54.2 Å². The minimum Gasteiger partial charge on any atom is -0.342 e. The van der Waals surface area contributed by atoms with Crippen LogP contribution in [0.5, 0.6) is 0 Å². The fraction of sp³-hybridized carbons (Fsp3) is 0.350. The zero-order chi connectivity index (χ0) is 18.5. The number of hydrogen-bond donors (Lipinski definition) is 1.